The average molecular weight is 838 g/mol. The van der Waals surface area contributed by atoms with E-state index >= 15 is 0 Å². The van der Waals surface area contributed by atoms with Crippen LogP contribution in [0.4, 0.5) is 44.6 Å². The normalized spacial score (nSPS) is 15.4. The van der Waals surface area contributed by atoms with Crippen molar-refractivity contribution in [1.82, 2.24) is 20.2 Å². The topological polar surface area (TPSA) is 161 Å². The van der Waals surface area contributed by atoms with Crippen molar-refractivity contribution in [2.45, 2.75) is 25.3 Å². The summed E-state index contributed by atoms with van der Waals surface area (Å²) >= 11 is 6.15. The van der Waals surface area contributed by atoms with E-state index in [4.69, 9.17) is 11.6 Å². The number of nitrogens with zero attached hydrogens (tertiary/aromatic N) is 4. The Morgan fingerprint density at radius 1 is 0.738 bits per heavy atom. The van der Waals surface area contributed by atoms with Gasteiger partial charge in [-0.2, -0.15) is 4.98 Å². The van der Waals surface area contributed by atoms with Crippen LogP contribution in [-0.2, 0) is 16.1 Å². The summed E-state index contributed by atoms with van der Waals surface area (Å²) in [5, 5.41) is 14.5. The number of carbonyl (C=O) groups is 4. The number of anilines is 7. The number of halogens is 2. The Balaban J connectivity index is 0.788. The highest BCUT2D eigenvalue weighted by Crippen LogP contribution is 2.28. The van der Waals surface area contributed by atoms with Crippen LogP contribution in [0.5, 0.6) is 0 Å². The molecule has 6 aromatic rings. The molecule has 0 saturated carbocycles. The lowest BCUT2D eigenvalue weighted by Gasteiger charge is -2.36. The van der Waals surface area contributed by atoms with Crippen LogP contribution >= 0.6 is 11.6 Å². The third-order valence-electron chi connectivity index (χ3n) is 10.6. The van der Waals surface area contributed by atoms with Gasteiger partial charge in [-0.15, -0.1) is 0 Å². The summed E-state index contributed by atoms with van der Waals surface area (Å²) in [4.78, 5) is 62.6. The van der Waals surface area contributed by atoms with Gasteiger partial charge in [0.1, 0.15) is 0 Å². The van der Waals surface area contributed by atoms with Crippen LogP contribution < -0.4 is 31.5 Å². The molecule has 1 atom stereocenters. The summed E-state index contributed by atoms with van der Waals surface area (Å²) < 4.78 is 14.7. The molecule has 0 spiro atoms. The zero-order valence-electron chi connectivity index (χ0n) is 32.8. The highest BCUT2D eigenvalue weighted by molar-refractivity contribution is 6.33. The van der Waals surface area contributed by atoms with Gasteiger partial charge >= 0.3 is 0 Å². The fourth-order valence-electron chi connectivity index (χ4n) is 7.20. The van der Waals surface area contributed by atoms with Crippen molar-refractivity contribution in [3.8, 4) is 0 Å². The molecule has 4 amide bonds. The molecular weight excluding hydrogens is 797 g/mol. The Kier molecular flexibility index (Phi) is 12.3. The van der Waals surface area contributed by atoms with Gasteiger partial charge in [0.2, 0.25) is 17.8 Å². The predicted octanol–water partition coefficient (Wildman–Crippen LogP) is 8.10. The summed E-state index contributed by atoms with van der Waals surface area (Å²) in [5.74, 6) is -1.92. The summed E-state index contributed by atoms with van der Waals surface area (Å²) in [5.41, 5.74) is 6.30. The van der Waals surface area contributed by atoms with Crippen molar-refractivity contribution in [2.75, 3.05) is 52.3 Å². The number of hydrogen-bond acceptors (Lipinski definition) is 10. The van der Waals surface area contributed by atoms with Crippen LogP contribution in [0.2, 0.25) is 5.02 Å². The van der Waals surface area contributed by atoms with E-state index in [-0.39, 0.29) is 41.3 Å². The van der Waals surface area contributed by atoms with Gasteiger partial charge in [-0.25, -0.2) is 9.37 Å². The maximum Gasteiger partial charge on any atom is 0.255 e. The second-order valence-electron chi connectivity index (χ2n) is 14.7. The minimum atomic E-state index is -0.668. The smallest absolute Gasteiger partial charge is 0.255 e. The maximum atomic E-state index is 14.7. The summed E-state index contributed by atoms with van der Waals surface area (Å²) in [6, 6.07) is 36.1. The fourth-order valence-corrected chi connectivity index (χ4v) is 7.38. The van der Waals surface area contributed by atoms with Crippen molar-refractivity contribution in [3.63, 3.8) is 0 Å². The SMILES string of the molecule is O=C1CCC(c2ccc(N3CCN(Cc4ccc(NC(=O)c5ccc(Nc6ncc(F)c(Nc7ccc(C(=O)Nc8ccccc8Cl)cc7)n6)cc5)cc4)CC3)cc2)C(=O)N1. The van der Waals surface area contributed by atoms with Crippen LogP contribution in [-0.4, -0.2) is 64.7 Å². The van der Waals surface area contributed by atoms with Gasteiger partial charge in [0.15, 0.2) is 11.6 Å². The molecule has 61 heavy (non-hydrogen) atoms. The molecule has 0 bridgehead atoms. The van der Waals surface area contributed by atoms with Crippen LogP contribution in [0.1, 0.15) is 50.6 Å². The molecule has 2 aliphatic rings. The molecule has 2 aliphatic heterocycles. The molecule has 1 unspecified atom stereocenters. The number of piperazine rings is 1. The average Bonchev–Trinajstić information content (AvgIpc) is 3.27. The number of piperidine rings is 1. The molecule has 0 aliphatic carbocycles. The molecule has 3 heterocycles. The number of para-hydroxylation sites is 1. The summed E-state index contributed by atoms with van der Waals surface area (Å²) in [7, 11) is 0. The molecular formula is C46H41ClFN9O4. The van der Waals surface area contributed by atoms with Gasteiger partial charge in [-0.1, -0.05) is 48.0 Å². The minimum absolute atomic E-state index is 0.0666. The standard InChI is InChI=1S/C46H41ClFN9O4/c47-38-3-1-2-4-40(38)53-44(60)32-7-15-33(16-8-32)50-42-39(48)27-49-46(55-42)52-35-17-9-31(10-18-35)43(59)51-34-13-5-29(6-14-34)28-56-23-25-57(26-24-56)36-19-11-30(12-20-36)37-21-22-41(58)54-45(37)61/h1-20,27,37H,21-26,28H2,(H,51,59)(H,53,60)(H,54,58,61)(H2,49,50,52,55). The number of aromatic nitrogens is 2. The summed E-state index contributed by atoms with van der Waals surface area (Å²) in [6.07, 6.45) is 1.95. The zero-order chi connectivity index (χ0) is 42.3. The Hall–Kier alpha value is -7.16. The Morgan fingerprint density at radius 3 is 2.02 bits per heavy atom. The minimum Gasteiger partial charge on any atom is -0.369 e. The van der Waals surface area contributed by atoms with Crippen molar-refractivity contribution < 1.29 is 23.6 Å². The number of nitrogens with one attached hydrogen (secondary N) is 5. The molecule has 0 radical (unpaired) electrons. The third kappa shape index (κ3) is 10.2. The maximum absolute atomic E-state index is 14.7. The van der Waals surface area contributed by atoms with Crippen molar-refractivity contribution in [2.24, 2.45) is 0 Å². The van der Waals surface area contributed by atoms with E-state index < -0.39 is 5.82 Å². The van der Waals surface area contributed by atoms with E-state index in [1.165, 1.54) is 0 Å². The van der Waals surface area contributed by atoms with E-state index in [1.807, 2.05) is 36.4 Å². The van der Waals surface area contributed by atoms with Crippen molar-refractivity contribution in [1.29, 1.82) is 0 Å². The molecule has 308 valence electrons. The lowest BCUT2D eigenvalue weighted by molar-refractivity contribution is -0.134. The van der Waals surface area contributed by atoms with Gasteiger partial charge in [0, 0.05) is 73.0 Å². The van der Waals surface area contributed by atoms with Gasteiger partial charge in [0.25, 0.3) is 11.8 Å². The van der Waals surface area contributed by atoms with E-state index in [0.717, 1.165) is 55.7 Å². The first kappa shape index (κ1) is 40.6. The highest BCUT2D eigenvalue weighted by Gasteiger charge is 2.28. The van der Waals surface area contributed by atoms with Crippen molar-refractivity contribution in [3.05, 3.63) is 161 Å². The molecule has 1 aromatic heterocycles. The molecule has 5 aromatic carbocycles. The van der Waals surface area contributed by atoms with Crippen LogP contribution in [0.15, 0.2) is 128 Å². The summed E-state index contributed by atoms with van der Waals surface area (Å²) in [6.45, 7) is 4.34. The van der Waals surface area contributed by atoms with E-state index in [9.17, 15) is 23.6 Å². The Morgan fingerprint density at radius 2 is 1.36 bits per heavy atom. The first-order valence-electron chi connectivity index (χ1n) is 19.8. The molecule has 2 saturated heterocycles. The monoisotopic (exact) mass is 837 g/mol. The number of imide groups is 1. The molecule has 2 fully saturated rings. The largest absolute Gasteiger partial charge is 0.369 e. The van der Waals surface area contributed by atoms with Gasteiger partial charge < -0.3 is 26.2 Å². The Bertz CT molecular complexity index is 2550. The number of amides is 4. The molecule has 5 N–H and O–H groups in total. The van der Waals surface area contributed by atoms with Crippen molar-refractivity contribution >= 4 is 75.4 Å². The molecule has 15 heteroatoms. The lowest BCUT2D eigenvalue weighted by atomic mass is 9.90. The van der Waals surface area contributed by atoms with E-state index in [1.54, 1.807) is 72.8 Å². The first-order chi connectivity index (χ1) is 29.6. The molecule has 13 nitrogen and oxygen atoms in total. The molecule has 8 rings (SSSR count). The van der Waals surface area contributed by atoms with Gasteiger partial charge in [-0.3, -0.25) is 29.4 Å². The van der Waals surface area contributed by atoms with Crippen LogP contribution in [0.25, 0.3) is 0 Å². The first-order valence-corrected chi connectivity index (χ1v) is 20.2. The van der Waals surface area contributed by atoms with E-state index in [0.29, 0.717) is 51.7 Å². The third-order valence-corrected chi connectivity index (χ3v) is 10.9. The van der Waals surface area contributed by atoms with Crippen LogP contribution in [0.3, 0.4) is 0 Å². The zero-order valence-corrected chi connectivity index (χ0v) is 33.6. The second-order valence-corrected chi connectivity index (χ2v) is 15.1. The number of rotatable bonds is 12. The fraction of sp³-hybridized carbons (Fsp3) is 0.174. The predicted molar refractivity (Wildman–Crippen MR) is 234 cm³/mol. The van der Waals surface area contributed by atoms with Gasteiger partial charge in [-0.05, 0) is 102 Å². The van der Waals surface area contributed by atoms with Gasteiger partial charge in [0.05, 0.1) is 22.8 Å². The Labute approximate surface area is 356 Å². The number of hydrogen-bond donors (Lipinski definition) is 5. The highest BCUT2D eigenvalue weighted by atomic mass is 35.5. The lowest BCUT2D eigenvalue weighted by Crippen LogP contribution is -2.46. The van der Waals surface area contributed by atoms with E-state index in [2.05, 4.69) is 58.5 Å². The van der Waals surface area contributed by atoms with Crippen LogP contribution in [0, 0.1) is 5.82 Å². The number of benzene rings is 5. The second kappa shape index (κ2) is 18.4. The number of carbonyl (C=O) groups excluding carboxylic acids is 4. The quantitative estimate of drug-likeness (QED) is 0.0763.